The number of ketones is 2. The molecule has 0 N–H and O–H groups in total. The molecule has 78 valence electrons. The fraction of sp³-hybridized carbons (Fsp3) is 0.333. The van der Waals surface area contributed by atoms with Crippen molar-refractivity contribution >= 4 is 11.6 Å². The van der Waals surface area contributed by atoms with Crippen molar-refractivity contribution in [2.75, 3.05) is 6.61 Å². The number of carbonyl (C=O) groups excluding carboxylic acids is 2. The summed E-state index contributed by atoms with van der Waals surface area (Å²) < 4.78 is 5.33. The lowest BCUT2D eigenvalue weighted by atomic mass is 10.0. The van der Waals surface area contributed by atoms with E-state index in [0.29, 0.717) is 18.4 Å². The van der Waals surface area contributed by atoms with Gasteiger partial charge in [0.2, 0.25) is 0 Å². The summed E-state index contributed by atoms with van der Waals surface area (Å²) in [7, 11) is 0. The molecule has 0 atom stereocenters. The van der Waals surface area contributed by atoms with E-state index in [0.717, 1.165) is 11.3 Å². The van der Waals surface area contributed by atoms with E-state index in [1.54, 1.807) is 12.1 Å². The summed E-state index contributed by atoms with van der Waals surface area (Å²) in [6.07, 6.45) is 1.16. The van der Waals surface area contributed by atoms with Crippen molar-refractivity contribution < 1.29 is 14.3 Å². The molecule has 0 amide bonds. The minimum absolute atomic E-state index is 0.0355. The molecule has 0 spiro atoms. The number of benzene rings is 1. The molecule has 0 aromatic heterocycles. The Bertz CT molecular complexity index is 421. The van der Waals surface area contributed by atoms with Crippen molar-refractivity contribution in [2.45, 2.75) is 19.8 Å². The largest absolute Gasteiger partial charge is 0.486 e. The zero-order valence-corrected chi connectivity index (χ0v) is 8.58. The number of carbonyl (C=O) groups is 2. The lowest BCUT2D eigenvalue weighted by Crippen LogP contribution is -2.07. The molecule has 0 fully saturated rings. The van der Waals surface area contributed by atoms with E-state index in [2.05, 4.69) is 0 Å². The molecule has 3 nitrogen and oxygen atoms in total. The van der Waals surface area contributed by atoms with Crippen molar-refractivity contribution in [2.24, 2.45) is 0 Å². The van der Waals surface area contributed by atoms with E-state index in [4.69, 9.17) is 4.74 Å². The van der Waals surface area contributed by atoms with Crippen LogP contribution in [0.25, 0.3) is 0 Å². The highest BCUT2D eigenvalue weighted by atomic mass is 16.5. The Balaban J connectivity index is 2.36. The van der Waals surface area contributed by atoms with Gasteiger partial charge in [-0.05, 0) is 37.1 Å². The number of hydrogen-bond acceptors (Lipinski definition) is 3. The second-order valence-electron chi connectivity index (χ2n) is 3.71. The maximum absolute atomic E-state index is 11.2. The standard InChI is InChI=1S/C12H12O3/c1-8(13)9-3-5-12-10(6-9)2-4-11(14)7-15-12/h3,5-6H,2,4,7H2,1H3. The first-order valence-corrected chi connectivity index (χ1v) is 4.95. The lowest BCUT2D eigenvalue weighted by Gasteiger charge is -2.06. The summed E-state index contributed by atoms with van der Waals surface area (Å²) >= 11 is 0. The number of ether oxygens (including phenoxy) is 1. The zero-order valence-electron chi connectivity index (χ0n) is 8.58. The molecular weight excluding hydrogens is 192 g/mol. The Hall–Kier alpha value is -1.64. The topological polar surface area (TPSA) is 43.4 Å². The third kappa shape index (κ3) is 2.06. The fourth-order valence-corrected chi connectivity index (χ4v) is 1.64. The summed E-state index contributed by atoms with van der Waals surface area (Å²) in [5.74, 6) is 0.870. The van der Waals surface area contributed by atoms with Crippen LogP contribution in [0.3, 0.4) is 0 Å². The molecular formula is C12H12O3. The average molecular weight is 204 g/mol. The van der Waals surface area contributed by atoms with E-state index in [-0.39, 0.29) is 18.2 Å². The van der Waals surface area contributed by atoms with Gasteiger partial charge in [0, 0.05) is 12.0 Å². The van der Waals surface area contributed by atoms with Crippen molar-refractivity contribution in [3.05, 3.63) is 29.3 Å². The molecule has 0 unspecified atom stereocenters. The number of rotatable bonds is 1. The van der Waals surface area contributed by atoms with Crippen LogP contribution in [0.15, 0.2) is 18.2 Å². The van der Waals surface area contributed by atoms with Gasteiger partial charge in [-0.1, -0.05) is 0 Å². The molecule has 1 heterocycles. The van der Waals surface area contributed by atoms with Crippen molar-refractivity contribution in [1.82, 2.24) is 0 Å². The molecule has 0 bridgehead atoms. The first kappa shape index (κ1) is 9.90. The Morgan fingerprint density at radius 3 is 2.87 bits per heavy atom. The Kier molecular flexibility index (Phi) is 2.54. The highest BCUT2D eigenvalue weighted by Crippen LogP contribution is 2.24. The third-order valence-electron chi connectivity index (χ3n) is 2.53. The number of fused-ring (bicyclic) bond motifs is 1. The van der Waals surface area contributed by atoms with Gasteiger partial charge in [0.1, 0.15) is 12.4 Å². The van der Waals surface area contributed by atoms with Gasteiger partial charge >= 0.3 is 0 Å². The van der Waals surface area contributed by atoms with Crippen LogP contribution in [-0.4, -0.2) is 18.2 Å². The van der Waals surface area contributed by atoms with Gasteiger partial charge in [-0.15, -0.1) is 0 Å². The van der Waals surface area contributed by atoms with E-state index in [9.17, 15) is 9.59 Å². The molecule has 1 aliphatic rings. The van der Waals surface area contributed by atoms with Gasteiger partial charge in [0.05, 0.1) is 0 Å². The molecule has 0 aliphatic carbocycles. The maximum atomic E-state index is 11.2. The summed E-state index contributed by atoms with van der Waals surface area (Å²) in [4.78, 5) is 22.4. The monoisotopic (exact) mass is 204 g/mol. The minimum Gasteiger partial charge on any atom is -0.486 e. The second-order valence-corrected chi connectivity index (χ2v) is 3.71. The number of aryl methyl sites for hydroxylation is 1. The Morgan fingerprint density at radius 1 is 1.33 bits per heavy atom. The fourth-order valence-electron chi connectivity index (χ4n) is 1.64. The third-order valence-corrected chi connectivity index (χ3v) is 2.53. The molecule has 0 radical (unpaired) electrons. The van der Waals surface area contributed by atoms with Crippen LogP contribution in [0.4, 0.5) is 0 Å². The highest BCUT2D eigenvalue weighted by Gasteiger charge is 2.14. The van der Waals surface area contributed by atoms with Crippen LogP contribution in [0.1, 0.15) is 29.3 Å². The van der Waals surface area contributed by atoms with Gasteiger partial charge in [0.15, 0.2) is 11.6 Å². The summed E-state index contributed by atoms with van der Waals surface area (Å²) in [6.45, 7) is 1.68. The minimum atomic E-state index is 0.0355. The maximum Gasteiger partial charge on any atom is 0.170 e. The predicted molar refractivity (Wildman–Crippen MR) is 55.3 cm³/mol. The Morgan fingerprint density at radius 2 is 2.13 bits per heavy atom. The molecule has 2 rings (SSSR count). The second kappa shape index (κ2) is 3.85. The van der Waals surface area contributed by atoms with E-state index in [1.165, 1.54) is 6.92 Å². The lowest BCUT2D eigenvalue weighted by molar-refractivity contribution is -0.120. The highest BCUT2D eigenvalue weighted by molar-refractivity contribution is 5.94. The molecule has 1 aromatic rings. The van der Waals surface area contributed by atoms with Crippen LogP contribution in [0.5, 0.6) is 5.75 Å². The molecule has 1 aromatic carbocycles. The predicted octanol–water partition coefficient (Wildman–Crippen LogP) is 1.78. The summed E-state index contributed by atoms with van der Waals surface area (Å²) in [5.41, 5.74) is 1.63. The van der Waals surface area contributed by atoms with Gasteiger partial charge in [0.25, 0.3) is 0 Å². The molecule has 15 heavy (non-hydrogen) atoms. The average Bonchev–Trinajstić information content (AvgIpc) is 2.40. The van der Waals surface area contributed by atoms with E-state index < -0.39 is 0 Å². The summed E-state index contributed by atoms with van der Waals surface area (Å²) in [6, 6.07) is 5.32. The van der Waals surface area contributed by atoms with Gasteiger partial charge in [-0.3, -0.25) is 9.59 Å². The van der Waals surface area contributed by atoms with Crippen molar-refractivity contribution in [3.63, 3.8) is 0 Å². The normalized spacial score (nSPS) is 15.1. The first-order valence-electron chi connectivity index (χ1n) is 4.95. The SMILES string of the molecule is CC(=O)c1ccc2c(c1)CCC(=O)CO2. The molecule has 0 saturated carbocycles. The molecule has 1 aliphatic heterocycles. The summed E-state index contributed by atoms with van der Waals surface area (Å²) in [5, 5.41) is 0. The van der Waals surface area contributed by atoms with Gasteiger partial charge in [-0.2, -0.15) is 0 Å². The number of hydrogen-bond donors (Lipinski definition) is 0. The molecule has 0 saturated heterocycles. The van der Waals surface area contributed by atoms with Crippen LogP contribution in [0.2, 0.25) is 0 Å². The first-order chi connectivity index (χ1) is 7.16. The smallest absolute Gasteiger partial charge is 0.170 e. The van der Waals surface area contributed by atoms with E-state index in [1.807, 2.05) is 6.07 Å². The quantitative estimate of drug-likeness (QED) is 0.655. The van der Waals surface area contributed by atoms with Gasteiger partial charge < -0.3 is 4.74 Å². The van der Waals surface area contributed by atoms with Crippen LogP contribution >= 0.6 is 0 Å². The van der Waals surface area contributed by atoms with E-state index >= 15 is 0 Å². The molecule has 3 heteroatoms. The van der Waals surface area contributed by atoms with Crippen molar-refractivity contribution in [3.8, 4) is 5.75 Å². The number of Topliss-reactive ketones (excluding diaryl/α,β-unsaturated/α-hetero) is 2. The van der Waals surface area contributed by atoms with Crippen LogP contribution in [-0.2, 0) is 11.2 Å². The van der Waals surface area contributed by atoms with Crippen LogP contribution in [0, 0.1) is 0 Å². The van der Waals surface area contributed by atoms with Crippen LogP contribution < -0.4 is 4.74 Å². The Labute approximate surface area is 88.1 Å². The van der Waals surface area contributed by atoms with Gasteiger partial charge in [-0.25, -0.2) is 0 Å². The van der Waals surface area contributed by atoms with Crippen molar-refractivity contribution in [1.29, 1.82) is 0 Å². The zero-order chi connectivity index (χ0) is 10.8.